The lowest BCUT2D eigenvalue weighted by Gasteiger charge is -2.09. The predicted octanol–water partition coefficient (Wildman–Crippen LogP) is 8.38. The van der Waals surface area contributed by atoms with Crippen molar-refractivity contribution in [2.75, 3.05) is 5.75 Å². The first-order chi connectivity index (χ1) is 14.0. The van der Waals surface area contributed by atoms with Crippen LogP contribution < -0.4 is 0 Å². The van der Waals surface area contributed by atoms with Gasteiger partial charge in [-0.1, -0.05) is 113 Å². The lowest BCUT2D eigenvalue weighted by molar-refractivity contribution is -0.116. The summed E-state index contributed by atoms with van der Waals surface area (Å²) in [6.07, 6.45) is 17.0. The van der Waals surface area contributed by atoms with E-state index in [9.17, 15) is 13.6 Å². The number of aryl methyl sites for hydroxylation is 1. The second-order valence-corrected chi connectivity index (χ2v) is 8.94. The van der Waals surface area contributed by atoms with Crippen LogP contribution >= 0.6 is 11.8 Å². The van der Waals surface area contributed by atoms with Crippen LogP contribution in [0.5, 0.6) is 0 Å². The zero-order chi connectivity index (χ0) is 21.2. The van der Waals surface area contributed by atoms with Crippen LogP contribution in [0.25, 0.3) is 0 Å². The first-order valence-electron chi connectivity index (χ1n) is 11.2. The number of halogens is 2. The Bertz CT molecular complexity index is 545. The summed E-state index contributed by atoms with van der Waals surface area (Å²) in [5.74, 6) is -0.203. The molecule has 0 aliphatic rings. The van der Waals surface area contributed by atoms with Gasteiger partial charge in [0.15, 0.2) is 0 Å². The lowest BCUT2D eigenvalue weighted by Crippen LogP contribution is -2.11. The number of thioether (sulfide) groups is 1. The van der Waals surface area contributed by atoms with E-state index in [0.717, 1.165) is 19.3 Å². The summed E-state index contributed by atoms with van der Waals surface area (Å²) in [6.45, 7) is 3.08. The van der Waals surface area contributed by atoms with Gasteiger partial charge in [-0.3, -0.25) is 4.79 Å². The number of hydrogen-bond donors (Lipinski definition) is 0. The molecule has 0 saturated carbocycles. The summed E-state index contributed by atoms with van der Waals surface area (Å²) >= 11 is 0.370. The van der Waals surface area contributed by atoms with Gasteiger partial charge < -0.3 is 0 Å². The SMILES string of the molecule is C=CC(F)(F)SCC(=O)CCCCCCCCCCCCCCc1ccccc1. The van der Waals surface area contributed by atoms with Crippen molar-refractivity contribution in [1.29, 1.82) is 0 Å². The maximum atomic E-state index is 13.0. The number of Topliss-reactive ketones (excluding diaryl/α,β-unsaturated/α-hetero) is 1. The second-order valence-electron chi connectivity index (χ2n) is 7.82. The highest BCUT2D eigenvalue weighted by Gasteiger charge is 2.25. The van der Waals surface area contributed by atoms with Crippen LogP contribution in [0.3, 0.4) is 0 Å². The van der Waals surface area contributed by atoms with Crippen LogP contribution in [0.2, 0.25) is 0 Å². The van der Waals surface area contributed by atoms with Gasteiger partial charge in [-0.2, -0.15) is 8.78 Å². The number of benzene rings is 1. The molecule has 0 heterocycles. The maximum Gasteiger partial charge on any atom is 0.312 e. The summed E-state index contributed by atoms with van der Waals surface area (Å²) < 4.78 is 25.9. The van der Waals surface area contributed by atoms with Crippen LogP contribution in [-0.4, -0.2) is 16.8 Å². The zero-order valence-electron chi connectivity index (χ0n) is 17.9. The molecule has 0 N–H and O–H groups in total. The summed E-state index contributed by atoms with van der Waals surface area (Å²) in [5, 5.41) is -2.99. The van der Waals surface area contributed by atoms with E-state index in [-0.39, 0.29) is 11.5 Å². The van der Waals surface area contributed by atoms with Gasteiger partial charge >= 0.3 is 5.25 Å². The molecule has 0 amide bonds. The molecule has 0 aliphatic carbocycles. The number of ketones is 1. The Morgan fingerprint density at radius 1 is 0.828 bits per heavy atom. The second kappa shape index (κ2) is 16.6. The van der Waals surface area contributed by atoms with Gasteiger partial charge in [0.1, 0.15) is 5.78 Å². The molecule has 0 aliphatic heterocycles. The van der Waals surface area contributed by atoms with Crippen LogP contribution in [0.1, 0.15) is 89.0 Å². The average Bonchev–Trinajstić information content (AvgIpc) is 2.73. The quantitative estimate of drug-likeness (QED) is 0.164. The molecule has 29 heavy (non-hydrogen) atoms. The molecule has 1 aromatic rings. The maximum absolute atomic E-state index is 13.0. The smallest absolute Gasteiger partial charge is 0.299 e. The monoisotopic (exact) mass is 424 g/mol. The summed E-state index contributed by atoms with van der Waals surface area (Å²) in [5.41, 5.74) is 1.45. The van der Waals surface area contributed by atoms with Gasteiger partial charge in [0, 0.05) is 6.42 Å². The van der Waals surface area contributed by atoms with E-state index in [2.05, 4.69) is 36.9 Å². The largest absolute Gasteiger partial charge is 0.312 e. The highest BCUT2D eigenvalue weighted by atomic mass is 32.2. The van der Waals surface area contributed by atoms with E-state index in [0.29, 0.717) is 24.3 Å². The molecule has 1 aromatic carbocycles. The average molecular weight is 425 g/mol. The lowest BCUT2D eigenvalue weighted by atomic mass is 10.0. The fraction of sp³-hybridized carbons (Fsp3) is 0.640. The van der Waals surface area contributed by atoms with Gasteiger partial charge in [0.25, 0.3) is 0 Å². The normalized spacial score (nSPS) is 11.5. The molecule has 0 fully saturated rings. The first-order valence-corrected chi connectivity index (χ1v) is 12.2. The van der Waals surface area contributed by atoms with Crippen molar-refractivity contribution in [3.63, 3.8) is 0 Å². The molecule has 1 nitrogen and oxygen atoms in total. The molecule has 0 aromatic heterocycles. The van der Waals surface area contributed by atoms with Crippen molar-refractivity contribution in [2.24, 2.45) is 0 Å². The van der Waals surface area contributed by atoms with E-state index in [1.807, 2.05) is 0 Å². The minimum Gasteiger partial charge on any atom is -0.299 e. The van der Waals surface area contributed by atoms with Crippen molar-refractivity contribution >= 4 is 17.5 Å². The molecular formula is C25H38F2OS. The molecule has 164 valence electrons. The summed E-state index contributed by atoms with van der Waals surface area (Å²) in [7, 11) is 0. The Balaban J connectivity index is 1.79. The first kappa shape index (κ1) is 25.9. The van der Waals surface area contributed by atoms with Gasteiger partial charge in [0.05, 0.1) is 5.75 Å². The molecule has 1 rings (SSSR count). The van der Waals surface area contributed by atoms with Crippen molar-refractivity contribution in [2.45, 2.75) is 95.1 Å². The van der Waals surface area contributed by atoms with Crippen molar-refractivity contribution in [1.82, 2.24) is 0 Å². The highest BCUT2D eigenvalue weighted by Crippen LogP contribution is 2.30. The van der Waals surface area contributed by atoms with Crippen molar-refractivity contribution < 1.29 is 13.6 Å². The number of hydrogen-bond acceptors (Lipinski definition) is 2. The Hall–Kier alpha value is -1.16. The third kappa shape index (κ3) is 15.4. The van der Waals surface area contributed by atoms with Gasteiger partial charge in [-0.15, -0.1) is 0 Å². The van der Waals surface area contributed by atoms with Crippen LogP contribution in [0, 0.1) is 0 Å². The topological polar surface area (TPSA) is 17.1 Å². The molecule has 0 radical (unpaired) electrons. The third-order valence-electron chi connectivity index (χ3n) is 5.18. The molecule has 0 atom stereocenters. The minimum atomic E-state index is -2.99. The summed E-state index contributed by atoms with van der Waals surface area (Å²) in [6, 6.07) is 10.7. The van der Waals surface area contributed by atoms with Crippen LogP contribution in [0.15, 0.2) is 43.0 Å². The van der Waals surface area contributed by atoms with Crippen molar-refractivity contribution in [3.8, 4) is 0 Å². The Kier molecular flexibility index (Phi) is 14.8. The number of carbonyl (C=O) groups excluding carboxylic acids is 1. The van der Waals surface area contributed by atoms with E-state index < -0.39 is 5.25 Å². The van der Waals surface area contributed by atoms with Crippen LogP contribution in [0.4, 0.5) is 8.78 Å². The molecule has 0 bridgehead atoms. The standard InChI is InChI=1S/C25H38F2OS/c1-2-25(26,27)29-22-24(28)21-17-12-10-8-6-4-3-5-7-9-11-14-18-23-19-15-13-16-20-23/h2,13,15-16,19-20H,1,3-12,14,17-18,21-22H2. The molecular weight excluding hydrogens is 386 g/mol. The molecule has 0 saturated heterocycles. The van der Waals surface area contributed by atoms with Crippen molar-refractivity contribution in [3.05, 3.63) is 48.6 Å². The Morgan fingerprint density at radius 2 is 1.31 bits per heavy atom. The molecule has 0 spiro atoms. The van der Waals surface area contributed by atoms with E-state index in [1.54, 1.807) is 0 Å². The predicted molar refractivity (Wildman–Crippen MR) is 123 cm³/mol. The van der Waals surface area contributed by atoms with Gasteiger partial charge in [0.2, 0.25) is 0 Å². The number of carbonyl (C=O) groups is 1. The zero-order valence-corrected chi connectivity index (χ0v) is 18.7. The van der Waals surface area contributed by atoms with E-state index in [1.165, 1.54) is 69.8 Å². The molecule has 0 unspecified atom stereocenters. The van der Waals surface area contributed by atoms with Gasteiger partial charge in [-0.25, -0.2) is 0 Å². The number of unbranched alkanes of at least 4 members (excludes halogenated alkanes) is 11. The van der Waals surface area contributed by atoms with E-state index >= 15 is 0 Å². The minimum absolute atomic E-state index is 0.0831. The number of alkyl halides is 2. The fourth-order valence-corrected chi connectivity index (χ4v) is 3.99. The summed E-state index contributed by atoms with van der Waals surface area (Å²) in [4.78, 5) is 11.6. The number of rotatable bonds is 19. The van der Waals surface area contributed by atoms with Gasteiger partial charge in [-0.05, 0) is 30.9 Å². The Labute approximate surface area is 180 Å². The van der Waals surface area contributed by atoms with Crippen LogP contribution in [-0.2, 0) is 11.2 Å². The van der Waals surface area contributed by atoms with E-state index in [4.69, 9.17) is 0 Å². The molecule has 4 heteroatoms. The fourth-order valence-electron chi connectivity index (χ4n) is 3.37. The third-order valence-corrected chi connectivity index (χ3v) is 6.19. The highest BCUT2D eigenvalue weighted by molar-refractivity contribution is 8.01. The Morgan fingerprint density at radius 3 is 1.83 bits per heavy atom.